The summed E-state index contributed by atoms with van der Waals surface area (Å²) in [6.45, 7) is 6.30. The summed E-state index contributed by atoms with van der Waals surface area (Å²) in [4.78, 5) is 37.8. The van der Waals surface area contributed by atoms with Crippen LogP contribution in [-0.4, -0.2) is 37.2 Å². The van der Waals surface area contributed by atoms with Gasteiger partial charge in [-0.1, -0.05) is 208 Å². The van der Waals surface area contributed by atoms with Crippen molar-refractivity contribution in [2.45, 2.75) is 213 Å². The van der Waals surface area contributed by atoms with Gasteiger partial charge in [-0.3, -0.25) is 14.4 Å². The minimum atomic E-state index is -0.804. The van der Waals surface area contributed by atoms with Crippen LogP contribution in [0.1, 0.15) is 207 Å². The van der Waals surface area contributed by atoms with Crippen LogP contribution in [0.3, 0.4) is 0 Å². The Hall–Kier alpha value is -3.67. The van der Waals surface area contributed by atoms with Gasteiger partial charge in [0.1, 0.15) is 13.2 Å². The Kier molecular flexibility index (Phi) is 45.1. The summed E-state index contributed by atoms with van der Waals surface area (Å²) in [7, 11) is 0. The van der Waals surface area contributed by atoms with Crippen molar-refractivity contribution in [1.82, 2.24) is 0 Å². The quantitative estimate of drug-likeness (QED) is 0.0200. The van der Waals surface area contributed by atoms with Crippen LogP contribution in [-0.2, 0) is 28.6 Å². The van der Waals surface area contributed by atoms with Gasteiger partial charge >= 0.3 is 17.9 Å². The maximum absolute atomic E-state index is 12.8. The number of rotatable bonds is 42. The summed E-state index contributed by atoms with van der Waals surface area (Å²) >= 11 is 0. The third kappa shape index (κ3) is 45.4. The van der Waals surface area contributed by atoms with Crippen molar-refractivity contribution in [3.63, 3.8) is 0 Å². The first-order chi connectivity index (χ1) is 29.5. The molecule has 0 aliphatic heterocycles. The molecule has 0 aliphatic carbocycles. The molecule has 0 aromatic rings. The van der Waals surface area contributed by atoms with E-state index in [0.717, 1.165) is 96.3 Å². The maximum atomic E-state index is 12.8. The van der Waals surface area contributed by atoms with Crippen molar-refractivity contribution in [1.29, 1.82) is 0 Å². The van der Waals surface area contributed by atoms with Gasteiger partial charge in [0.25, 0.3) is 0 Å². The third-order valence-electron chi connectivity index (χ3n) is 9.90. The Morgan fingerprint density at radius 2 is 0.750 bits per heavy atom. The second-order valence-electron chi connectivity index (χ2n) is 15.7. The Morgan fingerprint density at radius 1 is 0.367 bits per heavy atom. The van der Waals surface area contributed by atoms with Crippen molar-refractivity contribution in [2.75, 3.05) is 13.2 Å². The maximum Gasteiger partial charge on any atom is 0.306 e. The summed E-state index contributed by atoms with van der Waals surface area (Å²) in [6, 6.07) is 0. The van der Waals surface area contributed by atoms with E-state index in [1.807, 2.05) is 0 Å². The molecule has 1 atom stereocenters. The number of carbonyl (C=O) groups excluding carboxylic acids is 3. The van der Waals surface area contributed by atoms with Crippen molar-refractivity contribution in [3.05, 3.63) is 97.2 Å². The molecule has 0 spiro atoms. The highest BCUT2D eigenvalue weighted by molar-refractivity contribution is 5.71. The molecule has 340 valence electrons. The molecular formula is C54H88O6. The molecule has 0 saturated carbocycles. The van der Waals surface area contributed by atoms with Gasteiger partial charge < -0.3 is 14.2 Å². The van der Waals surface area contributed by atoms with Crippen LogP contribution in [0.5, 0.6) is 0 Å². The Morgan fingerprint density at radius 3 is 1.25 bits per heavy atom. The lowest BCUT2D eigenvalue weighted by atomic mass is 10.1. The smallest absolute Gasteiger partial charge is 0.306 e. The zero-order chi connectivity index (χ0) is 43.7. The van der Waals surface area contributed by atoms with Crippen LogP contribution in [0.15, 0.2) is 97.2 Å². The van der Waals surface area contributed by atoms with Gasteiger partial charge in [-0.25, -0.2) is 0 Å². The summed E-state index contributed by atoms with van der Waals surface area (Å²) < 4.78 is 16.7. The highest BCUT2D eigenvalue weighted by Crippen LogP contribution is 2.14. The Bertz CT molecular complexity index is 1230. The zero-order valence-electron chi connectivity index (χ0n) is 38.7. The molecule has 0 aromatic heterocycles. The molecule has 0 amide bonds. The first-order valence-corrected chi connectivity index (χ1v) is 24.3. The minimum Gasteiger partial charge on any atom is -0.462 e. The van der Waals surface area contributed by atoms with Gasteiger partial charge in [0.2, 0.25) is 0 Å². The average molecular weight is 833 g/mol. The first kappa shape index (κ1) is 56.3. The van der Waals surface area contributed by atoms with Gasteiger partial charge in [0.05, 0.1) is 0 Å². The lowest BCUT2D eigenvalue weighted by molar-refractivity contribution is -0.167. The van der Waals surface area contributed by atoms with E-state index in [1.54, 1.807) is 0 Å². The molecule has 0 fully saturated rings. The fourth-order valence-corrected chi connectivity index (χ4v) is 6.30. The monoisotopic (exact) mass is 833 g/mol. The second kappa shape index (κ2) is 48.0. The fourth-order valence-electron chi connectivity index (χ4n) is 6.30. The van der Waals surface area contributed by atoms with E-state index in [0.29, 0.717) is 19.3 Å². The van der Waals surface area contributed by atoms with Crippen molar-refractivity contribution in [2.24, 2.45) is 0 Å². The van der Waals surface area contributed by atoms with Gasteiger partial charge in [-0.05, 0) is 77.0 Å². The Balaban J connectivity index is 4.49. The summed E-state index contributed by atoms with van der Waals surface area (Å²) in [5.41, 5.74) is 0. The molecule has 0 rings (SSSR count). The van der Waals surface area contributed by atoms with Crippen molar-refractivity contribution < 1.29 is 28.6 Å². The normalized spacial score (nSPS) is 12.9. The predicted octanol–water partition coefficient (Wildman–Crippen LogP) is 15.8. The van der Waals surface area contributed by atoms with Crippen LogP contribution in [0.4, 0.5) is 0 Å². The molecule has 0 heterocycles. The third-order valence-corrected chi connectivity index (χ3v) is 9.90. The van der Waals surface area contributed by atoms with Crippen LogP contribution in [0, 0.1) is 0 Å². The number of hydrogen-bond donors (Lipinski definition) is 0. The largest absolute Gasteiger partial charge is 0.462 e. The SMILES string of the molecule is CC\C=C/C=C\C=C/CCCCCCCCCC(=O)OC(COC(=O)CCC/C=C\C/C=C\C/C=C\C/C=C\C/C=C\CC)COC(=O)CCCCCCCCCCCC. The summed E-state index contributed by atoms with van der Waals surface area (Å²) in [6.07, 6.45) is 62.5. The van der Waals surface area contributed by atoms with Crippen LogP contribution >= 0.6 is 0 Å². The first-order valence-electron chi connectivity index (χ1n) is 24.3. The number of hydrogen-bond acceptors (Lipinski definition) is 6. The standard InChI is InChI=1S/C54H88O6/c1-4-7-10-13-16-19-22-24-26-27-29-30-32-35-38-41-44-47-53(56)59-50-51(49-58-52(55)46-43-40-37-34-21-18-15-12-9-6-3)60-54(57)48-45-42-39-36-33-31-28-25-23-20-17-14-11-8-5-2/h7-8,10-11,14,16-17,19-20,23-24,26,29-30,35,38,51H,4-6,9,12-13,15,18,21-22,25,27-28,31-34,36-37,39-50H2,1-3H3/b10-7-,11-8-,17-14-,19-16-,23-20-,26-24-,30-29-,38-35-. The van der Waals surface area contributed by atoms with Gasteiger partial charge in [0, 0.05) is 19.3 Å². The highest BCUT2D eigenvalue weighted by atomic mass is 16.6. The second-order valence-corrected chi connectivity index (χ2v) is 15.7. The molecule has 6 heteroatoms. The lowest BCUT2D eigenvalue weighted by Gasteiger charge is -2.18. The van der Waals surface area contributed by atoms with E-state index in [2.05, 4.69) is 118 Å². The van der Waals surface area contributed by atoms with E-state index >= 15 is 0 Å². The molecule has 60 heavy (non-hydrogen) atoms. The molecule has 0 aliphatic rings. The number of esters is 3. The summed E-state index contributed by atoms with van der Waals surface area (Å²) in [5.74, 6) is -0.981. The van der Waals surface area contributed by atoms with E-state index in [4.69, 9.17) is 14.2 Å². The fraction of sp³-hybridized carbons (Fsp3) is 0.648. The van der Waals surface area contributed by atoms with Gasteiger partial charge in [-0.2, -0.15) is 0 Å². The topological polar surface area (TPSA) is 78.9 Å². The molecule has 1 unspecified atom stereocenters. The number of unbranched alkanes of at least 4 members (excludes halogenated alkanes) is 17. The highest BCUT2D eigenvalue weighted by Gasteiger charge is 2.19. The van der Waals surface area contributed by atoms with Gasteiger partial charge in [0.15, 0.2) is 6.10 Å². The van der Waals surface area contributed by atoms with Crippen molar-refractivity contribution in [3.8, 4) is 0 Å². The van der Waals surface area contributed by atoms with E-state index in [9.17, 15) is 14.4 Å². The molecule has 0 saturated heterocycles. The molecular weight excluding hydrogens is 745 g/mol. The molecule has 6 nitrogen and oxygen atoms in total. The Labute approximate surface area is 368 Å². The van der Waals surface area contributed by atoms with Gasteiger partial charge in [-0.15, -0.1) is 0 Å². The molecule has 0 bridgehead atoms. The number of ether oxygens (including phenoxy) is 3. The van der Waals surface area contributed by atoms with Crippen LogP contribution < -0.4 is 0 Å². The predicted molar refractivity (Wildman–Crippen MR) is 256 cm³/mol. The molecule has 0 N–H and O–H groups in total. The number of allylic oxidation sites excluding steroid dienone is 16. The van der Waals surface area contributed by atoms with Crippen molar-refractivity contribution >= 4 is 17.9 Å². The molecule has 0 radical (unpaired) electrons. The van der Waals surface area contributed by atoms with E-state index in [-0.39, 0.29) is 37.5 Å². The van der Waals surface area contributed by atoms with Crippen LogP contribution in [0.25, 0.3) is 0 Å². The minimum absolute atomic E-state index is 0.100. The summed E-state index contributed by atoms with van der Waals surface area (Å²) in [5, 5.41) is 0. The average Bonchev–Trinajstić information content (AvgIpc) is 3.24. The zero-order valence-corrected chi connectivity index (χ0v) is 38.7. The number of carbonyl (C=O) groups is 3. The van der Waals surface area contributed by atoms with E-state index in [1.165, 1.54) is 64.2 Å². The van der Waals surface area contributed by atoms with E-state index < -0.39 is 6.10 Å². The van der Waals surface area contributed by atoms with Crippen LogP contribution in [0.2, 0.25) is 0 Å². The molecule has 0 aromatic carbocycles. The lowest BCUT2D eigenvalue weighted by Crippen LogP contribution is -2.30.